The van der Waals surface area contributed by atoms with E-state index in [4.69, 9.17) is 0 Å². The molecule has 118 valence electrons. The van der Waals surface area contributed by atoms with E-state index in [9.17, 15) is 19.5 Å². The molecule has 0 bridgehead atoms. The standard InChI is InChI=1S/C14H23N3O4/c1-10-4-3-5-14(6-10,9-18)15-11(19)7-17-12(20)8-16(2)13(17)21/h10,18H,3-9H2,1-2H3,(H,15,19). The molecule has 2 rings (SSSR count). The minimum Gasteiger partial charge on any atom is -0.394 e. The lowest BCUT2D eigenvalue weighted by molar-refractivity contribution is -0.132. The number of nitrogens with zero attached hydrogens (tertiary/aromatic N) is 2. The van der Waals surface area contributed by atoms with Crippen LogP contribution in [-0.4, -0.2) is 65.0 Å². The molecule has 1 saturated heterocycles. The molecule has 0 radical (unpaired) electrons. The van der Waals surface area contributed by atoms with Crippen molar-refractivity contribution in [3.8, 4) is 0 Å². The minimum absolute atomic E-state index is 0.00822. The number of likely N-dealkylation sites (N-methyl/N-ethyl adjacent to an activating group) is 1. The summed E-state index contributed by atoms with van der Waals surface area (Å²) in [6.07, 6.45) is 3.48. The van der Waals surface area contributed by atoms with E-state index in [1.54, 1.807) is 0 Å². The molecule has 1 aliphatic heterocycles. The molecule has 21 heavy (non-hydrogen) atoms. The number of aliphatic hydroxyl groups excluding tert-OH is 1. The van der Waals surface area contributed by atoms with Crippen LogP contribution in [0.25, 0.3) is 0 Å². The number of carbonyl (C=O) groups excluding carboxylic acids is 3. The summed E-state index contributed by atoms with van der Waals surface area (Å²) in [6.45, 7) is 1.70. The highest BCUT2D eigenvalue weighted by atomic mass is 16.3. The summed E-state index contributed by atoms with van der Waals surface area (Å²) < 4.78 is 0. The van der Waals surface area contributed by atoms with Crippen molar-refractivity contribution in [2.24, 2.45) is 5.92 Å². The van der Waals surface area contributed by atoms with Gasteiger partial charge in [-0.3, -0.25) is 14.5 Å². The van der Waals surface area contributed by atoms with Crippen molar-refractivity contribution in [2.75, 3.05) is 26.7 Å². The van der Waals surface area contributed by atoms with Gasteiger partial charge in [0, 0.05) is 7.05 Å². The van der Waals surface area contributed by atoms with E-state index in [2.05, 4.69) is 12.2 Å². The van der Waals surface area contributed by atoms with Crippen molar-refractivity contribution in [3.05, 3.63) is 0 Å². The van der Waals surface area contributed by atoms with Crippen molar-refractivity contribution in [1.29, 1.82) is 0 Å². The number of carbonyl (C=O) groups is 3. The summed E-state index contributed by atoms with van der Waals surface area (Å²) >= 11 is 0. The van der Waals surface area contributed by atoms with Crippen LogP contribution in [0.2, 0.25) is 0 Å². The van der Waals surface area contributed by atoms with Crippen LogP contribution in [0.5, 0.6) is 0 Å². The highest BCUT2D eigenvalue weighted by Crippen LogP contribution is 2.31. The summed E-state index contributed by atoms with van der Waals surface area (Å²) in [5.74, 6) is -0.324. The van der Waals surface area contributed by atoms with E-state index < -0.39 is 17.5 Å². The van der Waals surface area contributed by atoms with Crippen LogP contribution >= 0.6 is 0 Å². The molecule has 0 spiro atoms. The first-order valence-electron chi connectivity index (χ1n) is 7.34. The first kappa shape index (κ1) is 15.8. The van der Waals surface area contributed by atoms with Gasteiger partial charge in [-0.1, -0.05) is 19.8 Å². The largest absolute Gasteiger partial charge is 0.394 e. The number of urea groups is 1. The molecule has 1 saturated carbocycles. The van der Waals surface area contributed by atoms with Gasteiger partial charge in [0.05, 0.1) is 12.1 Å². The zero-order valence-electron chi connectivity index (χ0n) is 12.6. The number of aliphatic hydroxyl groups is 1. The van der Waals surface area contributed by atoms with E-state index in [-0.39, 0.29) is 25.6 Å². The summed E-state index contributed by atoms with van der Waals surface area (Å²) in [5.41, 5.74) is -0.619. The average Bonchev–Trinajstić information content (AvgIpc) is 2.65. The quantitative estimate of drug-likeness (QED) is 0.711. The fraction of sp³-hybridized carbons (Fsp3) is 0.786. The molecule has 0 aromatic carbocycles. The molecule has 0 aromatic heterocycles. The predicted octanol–water partition coefficient (Wildman–Crippen LogP) is -0.0622. The van der Waals surface area contributed by atoms with Crippen molar-refractivity contribution >= 4 is 17.8 Å². The lowest BCUT2D eigenvalue weighted by Gasteiger charge is -2.39. The summed E-state index contributed by atoms with van der Waals surface area (Å²) in [6, 6.07) is -0.454. The Balaban J connectivity index is 1.97. The average molecular weight is 297 g/mol. The number of hydrogen-bond donors (Lipinski definition) is 2. The first-order valence-corrected chi connectivity index (χ1v) is 7.34. The third kappa shape index (κ3) is 3.34. The van der Waals surface area contributed by atoms with Gasteiger partial charge in [-0.15, -0.1) is 0 Å². The summed E-state index contributed by atoms with van der Waals surface area (Å²) in [4.78, 5) is 37.8. The normalized spacial score (nSPS) is 30.0. The Labute approximate surface area is 124 Å². The van der Waals surface area contributed by atoms with E-state index in [0.717, 1.165) is 30.6 Å². The molecular weight excluding hydrogens is 274 g/mol. The maximum atomic E-state index is 12.1. The second-order valence-corrected chi connectivity index (χ2v) is 6.31. The second-order valence-electron chi connectivity index (χ2n) is 6.31. The Morgan fingerprint density at radius 1 is 1.48 bits per heavy atom. The van der Waals surface area contributed by atoms with E-state index in [1.165, 1.54) is 11.9 Å². The van der Waals surface area contributed by atoms with Gasteiger partial charge >= 0.3 is 6.03 Å². The lowest BCUT2D eigenvalue weighted by Crippen LogP contribution is -2.56. The van der Waals surface area contributed by atoms with Crippen molar-refractivity contribution < 1.29 is 19.5 Å². The fourth-order valence-corrected chi connectivity index (χ4v) is 3.26. The first-order chi connectivity index (χ1) is 9.87. The second kappa shape index (κ2) is 6.01. The van der Waals surface area contributed by atoms with Gasteiger partial charge in [-0.05, 0) is 18.8 Å². The van der Waals surface area contributed by atoms with E-state index in [1.807, 2.05) is 0 Å². The molecular formula is C14H23N3O4. The van der Waals surface area contributed by atoms with Crippen molar-refractivity contribution in [3.63, 3.8) is 0 Å². The number of imide groups is 1. The number of rotatable bonds is 4. The van der Waals surface area contributed by atoms with Crippen molar-refractivity contribution in [1.82, 2.24) is 15.1 Å². The number of nitrogens with one attached hydrogen (secondary N) is 1. The van der Waals surface area contributed by atoms with Crippen LogP contribution in [0.4, 0.5) is 4.79 Å². The van der Waals surface area contributed by atoms with Gasteiger partial charge in [0.25, 0.3) is 5.91 Å². The Hall–Kier alpha value is -1.63. The molecule has 2 fully saturated rings. The molecule has 4 amide bonds. The smallest absolute Gasteiger partial charge is 0.327 e. The van der Waals surface area contributed by atoms with E-state index in [0.29, 0.717) is 5.92 Å². The SMILES string of the molecule is CC1CCCC(CO)(NC(=O)CN2C(=O)CN(C)C2=O)C1. The molecule has 2 unspecified atom stereocenters. The molecule has 0 aromatic rings. The summed E-state index contributed by atoms with van der Waals surface area (Å²) in [7, 11) is 1.52. The third-order valence-corrected chi connectivity index (χ3v) is 4.33. The van der Waals surface area contributed by atoms with Crippen LogP contribution in [0.3, 0.4) is 0 Å². The van der Waals surface area contributed by atoms with Gasteiger partial charge in [0.1, 0.15) is 13.1 Å². The van der Waals surface area contributed by atoms with E-state index >= 15 is 0 Å². The van der Waals surface area contributed by atoms with Crippen LogP contribution < -0.4 is 5.32 Å². The maximum absolute atomic E-state index is 12.1. The van der Waals surface area contributed by atoms with Crippen LogP contribution in [0.15, 0.2) is 0 Å². The molecule has 2 aliphatic rings. The Bertz CT molecular complexity index is 454. The van der Waals surface area contributed by atoms with Crippen molar-refractivity contribution in [2.45, 2.75) is 38.1 Å². The number of amides is 4. The van der Waals surface area contributed by atoms with Gasteiger partial charge in [-0.2, -0.15) is 0 Å². The molecule has 1 aliphatic carbocycles. The zero-order valence-corrected chi connectivity index (χ0v) is 12.6. The number of hydrogen-bond acceptors (Lipinski definition) is 4. The Kier molecular flexibility index (Phi) is 4.51. The lowest BCUT2D eigenvalue weighted by atomic mass is 9.77. The Morgan fingerprint density at radius 2 is 2.19 bits per heavy atom. The topological polar surface area (TPSA) is 89.9 Å². The maximum Gasteiger partial charge on any atom is 0.327 e. The molecule has 2 N–H and O–H groups in total. The van der Waals surface area contributed by atoms with Gasteiger partial charge in [0.15, 0.2) is 0 Å². The van der Waals surface area contributed by atoms with Crippen LogP contribution in [-0.2, 0) is 9.59 Å². The monoisotopic (exact) mass is 297 g/mol. The highest BCUT2D eigenvalue weighted by molar-refractivity contribution is 6.04. The van der Waals surface area contributed by atoms with Crippen LogP contribution in [0.1, 0.15) is 32.6 Å². The minimum atomic E-state index is -0.619. The fourth-order valence-electron chi connectivity index (χ4n) is 3.26. The van der Waals surface area contributed by atoms with Gasteiger partial charge in [-0.25, -0.2) is 4.79 Å². The highest BCUT2D eigenvalue weighted by Gasteiger charge is 2.39. The van der Waals surface area contributed by atoms with Gasteiger partial charge < -0.3 is 15.3 Å². The predicted molar refractivity (Wildman–Crippen MR) is 75.3 cm³/mol. The van der Waals surface area contributed by atoms with Gasteiger partial charge in [0.2, 0.25) is 5.91 Å². The Morgan fingerprint density at radius 3 is 2.71 bits per heavy atom. The third-order valence-electron chi connectivity index (χ3n) is 4.33. The molecule has 7 nitrogen and oxygen atoms in total. The molecule has 7 heteroatoms. The van der Waals surface area contributed by atoms with Crippen LogP contribution in [0, 0.1) is 5.92 Å². The zero-order chi connectivity index (χ0) is 15.6. The summed E-state index contributed by atoms with van der Waals surface area (Å²) in [5, 5.41) is 12.5. The molecule has 1 heterocycles. The molecule has 2 atom stereocenters.